The number of pyridine rings is 1. The number of nitrogens with zero attached hydrogens (tertiary/aromatic N) is 2. The van der Waals surface area contributed by atoms with Gasteiger partial charge in [0.05, 0.1) is 0 Å². The number of rotatable bonds is 7. The highest BCUT2D eigenvalue weighted by molar-refractivity contribution is 5.09. The van der Waals surface area contributed by atoms with Crippen molar-refractivity contribution in [2.75, 3.05) is 26.2 Å². The Balaban J connectivity index is 1.69. The molecular weight excluding hydrogens is 224 g/mol. The normalized spacial score (nSPS) is 20.4. The average Bonchev–Trinajstić information content (AvgIpc) is 2.85. The van der Waals surface area contributed by atoms with Crippen molar-refractivity contribution in [3.05, 3.63) is 30.1 Å². The van der Waals surface area contributed by atoms with Crippen LogP contribution in [0, 0.1) is 0 Å². The van der Waals surface area contributed by atoms with Crippen LogP contribution in [0.1, 0.15) is 24.8 Å². The van der Waals surface area contributed by atoms with E-state index in [1.807, 2.05) is 12.4 Å². The Kier molecular flexibility index (Phi) is 5.58. The van der Waals surface area contributed by atoms with Gasteiger partial charge in [-0.1, -0.05) is 0 Å². The molecule has 1 aliphatic heterocycles. The Morgan fingerprint density at radius 3 is 3.00 bits per heavy atom. The van der Waals surface area contributed by atoms with Crippen molar-refractivity contribution in [1.82, 2.24) is 15.2 Å². The quantitative estimate of drug-likeness (QED) is 0.755. The molecule has 0 spiro atoms. The minimum Gasteiger partial charge on any atom is -0.330 e. The molecule has 4 heteroatoms. The number of hydrogen-bond donors (Lipinski definition) is 2. The van der Waals surface area contributed by atoms with Gasteiger partial charge in [-0.05, 0) is 56.6 Å². The van der Waals surface area contributed by atoms with Gasteiger partial charge < -0.3 is 11.1 Å². The Bertz CT molecular complexity index is 328. The SMILES string of the molecule is NCCCN1CCCC1CNCc1ccncc1. The van der Waals surface area contributed by atoms with Crippen molar-refractivity contribution in [2.24, 2.45) is 5.73 Å². The van der Waals surface area contributed by atoms with Crippen LogP contribution in [0.25, 0.3) is 0 Å². The van der Waals surface area contributed by atoms with Gasteiger partial charge in [-0.3, -0.25) is 9.88 Å². The standard InChI is InChI=1S/C14H24N4/c15-6-2-10-18-9-1-3-14(18)12-17-11-13-4-7-16-8-5-13/h4-5,7-8,14,17H,1-3,6,9-12,15H2. The van der Waals surface area contributed by atoms with Gasteiger partial charge in [0.1, 0.15) is 0 Å². The minimum absolute atomic E-state index is 0.693. The Morgan fingerprint density at radius 2 is 2.22 bits per heavy atom. The monoisotopic (exact) mass is 248 g/mol. The number of nitrogens with one attached hydrogen (secondary N) is 1. The van der Waals surface area contributed by atoms with E-state index in [1.165, 1.54) is 24.9 Å². The van der Waals surface area contributed by atoms with Crippen LogP contribution in [0.4, 0.5) is 0 Å². The highest BCUT2D eigenvalue weighted by Gasteiger charge is 2.22. The largest absolute Gasteiger partial charge is 0.330 e. The van der Waals surface area contributed by atoms with Gasteiger partial charge in [0, 0.05) is 31.5 Å². The molecule has 0 aliphatic carbocycles. The molecule has 2 rings (SSSR count). The molecular formula is C14H24N4. The third kappa shape index (κ3) is 4.05. The van der Waals surface area contributed by atoms with E-state index in [9.17, 15) is 0 Å². The summed E-state index contributed by atoms with van der Waals surface area (Å²) in [4.78, 5) is 6.60. The summed E-state index contributed by atoms with van der Waals surface area (Å²) in [5.74, 6) is 0. The van der Waals surface area contributed by atoms with E-state index in [0.29, 0.717) is 6.04 Å². The molecule has 0 bridgehead atoms. The van der Waals surface area contributed by atoms with E-state index in [0.717, 1.165) is 32.6 Å². The third-order valence-electron chi connectivity index (χ3n) is 3.61. The number of nitrogens with two attached hydrogens (primary N) is 1. The fourth-order valence-electron chi connectivity index (χ4n) is 2.60. The predicted molar refractivity (Wildman–Crippen MR) is 74.2 cm³/mol. The topological polar surface area (TPSA) is 54.2 Å². The van der Waals surface area contributed by atoms with Gasteiger partial charge in [-0.15, -0.1) is 0 Å². The second kappa shape index (κ2) is 7.46. The van der Waals surface area contributed by atoms with Crippen molar-refractivity contribution >= 4 is 0 Å². The third-order valence-corrected chi connectivity index (χ3v) is 3.61. The summed E-state index contributed by atoms with van der Waals surface area (Å²) < 4.78 is 0. The first-order chi connectivity index (χ1) is 8.90. The molecule has 0 amide bonds. The van der Waals surface area contributed by atoms with Crippen LogP contribution >= 0.6 is 0 Å². The summed E-state index contributed by atoms with van der Waals surface area (Å²) in [5, 5.41) is 3.55. The molecule has 1 aliphatic rings. The molecule has 1 unspecified atom stereocenters. The second-order valence-electron chi connectivity index (χ2n) is 4.96. The average molecular weight is 248 g/mol. The van der Waals surface area contributed by atoms with E-state index in [-0.39, 0.29) is 0 Å². The molecule has 4 nitrogen and oxygen atoms in total. The van der Waals surface area contributed by atoms with Gasteiger partial charge in [0.2, 0.25) is 0 Å². The molecule has 1 fully saturated rings. The fourth-order valence-corrected chi connectivity index (χ4v) is 2.60. The van der Waals surface area contributed by atoms with Gasteiger partial charge in [-0.2, -0.15) is 0 Å². The lowest BCUT2D eigenvalue weighted by Crippen LogP contribution is -2.38. The van der Waals surface area contributed by atoms with Crippen LogP contribution in [0.5, 0.6) is 0 Å². The fraction of sp³-hybridized carbons (Fsp3) is 0.643. The zero-order valence-electron chi connectivity index (χ0n) is 11.0. The van der Waals surface area contributed by atoms with Crippen LogP contribution in [-0.4, -0.2) is 42.1 Å². The predicted octanol–water partition coefficient (Wildman–Crippen LogP) is 0.984. The van der Waals surface area contributed by atoms with E-state index < -0.39 is 0 Å². The van der Waals surface area contributed by atoms with Gasteiger partial charge in [-0.25, -0.2) is 0 Å². The molecule has 1 saturated heterocycles. The molecule has 0 saturated carbocycles. The van der Waals surface area contributed by atoms with Crippen LogP contribution in [-0.2, 0) is 6.54 Å². The summed E-state index contributed by atoms with van der Waals surface area (Å²) in [5.41, 5.74) is 6.88. The second-order valence-corrected chi connectivity index (χ2v) is 4.96. The van der Waals surface area contributed by atoms with Crippen LogP contribution in [0.2, 0.25) is 0 Å². The molecule has 0 aromatic carbocycles. The van der Waals surface area contributed by atoms with E-state index in [4.69, 9.17) is 5.73 Å². The first-order valence-corrected chi connectivity index (χ1v) is 6.94. The summed E-state index contributed by atoms with van der Waals surface area (Å²) in [7, 11) is 0. The lowest BCUT2D eigenvalue weighted by molar-refractivity contribution is 0.246. The maximum atomic E-state index is 5.58. The summed E-state index contributed by atoms with van der Waals surface area (Å²) in [6.45, 7) is 5.20. The first-order valence-electron chi connectivity index (χ1n) is 6.94. The molecule has 1 atom stereocenters. The number of likely N-dealkylation sites (tertiary alicyclic amines) is 1. The molecule has 2 heterocycles. The Hall–Kier alpha value is -0.970. The van der Waals surface area contributed by atoms with Crippen molar-refractivity contribution in [2.45, 2.75) is 31.8 Å². The van der Waals surface area contributed by atoms with Crippen molar-refractivity contribution < 1.29 is 0 Å². The first kappa shape index (κ1) is 13.5. The number of hydrogen-bond acceptors (Lipinski definition) is 4. The van der Waals surface area contributed by atoms with Gasteiger partial charge in [0.15, 0.2) is 0 Å². The lowest BCUT2D eigenvalue weighted by Gasteiger charge is -2.24. The van der Waals surface area contributed by atoms with E-state index >= 15 is 0 Å². The Labute approximate surface area is 110 Å². The molecule has 100 valence electrons. The maximum Gasteiger partial charge on any atom is 0.0271 e. The summed E-state index contributed by atoms with van der Waals surface area (Å²) in [6, 6.07) is 4.82. The zero-order chi connectivity index (χ0) is 12.6. The maximum absolute atomic E-state index is 5.58. The van der Waals surface area contributed by atoms with Crippen molar-refractivity contribution in [1.29, 1.82) is 0 Å². The molecule has 18 heavy (non-hydrogen) atoms. The van der Waals surface area contributed by atoms with Gasteiger partial charge in [0.25, 0.3) is 0 Å². The van der Waals surface area contributed by atoms with Gasteiger partial charge >= 0.3 is 0 Å². The molecule has 0 radical (unpaired) electrons. The van der Waals surface area contributed by atoms with Crippen molar-refractivity contribution in [3.63, 3.8) is 0 Å². The summed E-state index contributed by atoms with van der Waals surface area (Å²) in [6.07, 6.45) is 7.45. The number of aromatic nitrogens is 1. The van der Waals surface area contributed by atoms with Crippen LogP contribution < -0.4 is 11.1 Å². The molecule has 3 N–H and O–H groups in total. The smallest absolute Gasteiger partial charge is 0.0271 e. The molecule has 1 aromatic heterocycles. The summed E-state index contributed by atoms with van der Waals surface area (Å²) >= 11 is 0. The van der Waals surface area contributed by atoms with Crippen LogP contribution in [0.3, 0.4) is 0 Å². The van der Waals surface area contributed by atoms with Crippen molar-refractivity contribution in [3.8, 4) is 0 Å². The lowest BCUT2D eigenvalue weighted by atomic mass is 10.2. The van der Waals surface area contributed by atoms with E-state index in [1.54, 1.807) is 0 Å². The molecule has 1 aromatic rings. The highest BCUT2D eigenvalue weighted by atomic mass is 15.2. The van der Waals surface area contributed by atoms with Crippen LogP contribution in [0.15, 0.2) is 24.5 Å². The van der Waals surface area contributed by atoms with E-state index in [2.05, 4.69) is 27.3 Å². The zero-order valence-corrected chi connectivity index (χ0v) is 11.0. The highest BCUT2D eigenvalue weighted by Crippen LogP contribution is 2.16. The Morgan fingerprint density at radius 1 is 1.39 bits per heavy atom. The minimum atomic E-state index is 0.693.